The molecule has 2 amide bonds. The topological polar surface area (TPSA) is 59.0 Å². The molecular formula is C17H10Cl2F4N4O. The maximum absolute atomic E-state index is 13.6. The molecule has 2 aromatic carbocycles. The lowest BCUT2D eigenvalue weighted by Crippen LogP contribution is -2.22. The van der Waals surface area contributed by atoms with Crippen molar-refractivity contribution >= 4 is 40.6 Å². The minimum Gasteiger partial charge on any atom is -0.308 e. The molecule has 0 fully saturated rings. The molecule has 0 saturated carbocycles. The number of urea groups is 1. The van der Waals surface area contributed by atoms with Crippen molar-refractivity contribution in [3.63, 3.8) is 0 Å². The van der Waals surface area contributed by atoms with Gasteiger partial charge in [-0.05, 0) is 42.5 Å². The minimum atomic E-state index is -4.84. The number of hydrogen-bond donors (Lipinski definition) is 2. The molecule has 2 N–H and O–H groups in total. The summed E-state index contributed by atoms with van der Waals surface area (Å²) in [5, 5.41) is 8.32. The van der Waals surface area contributed by atoms with E-state index in [-0.39, 0.29) is 21.4 Å². The molecule has 0 saturated heterocycles. The summed E-state index contributed by atoms with van der Waals surface area (Å²) in [6.45, 7) is 0. The third-order valence-corrected chi connectivity index (χ3v) is 3.92. The highest BCUT2D eigenvalue weighted by Gasteiger charge is 2.39. The summed E-state index contributed by atoms with van der Waals surface area (Å²) in [7, 11) is 0. The molecule has 1 heterocycles. The van der Waals surface area contributed by atoms with Crippen molar-refractivity contribution in [2.75, 3.05) is 10.6 Å². The molecule has 11 heteroatoms. The molecule has 3 rings (SSSR count). The number of carbonyl (C=O) groups is 1. The number of amides is 2. The lowest BCUT2D eigenvalue weighted by molar-refractivity contribution is -0.142. The van der Waals surface area contributed by atoms with Gasteiger partial charge in [-0.15, -0.1) is 0 Å². The van der Waals surface area contributed by atoms with Gasteiger partial charge in [-0.3, -0.25) is 0 Å². The normalized spacial score (nSPS) is 11.4. The molecule has 146 valence electrons. The van der Waals surface area contributed by atoms with Crippen LogP contribution in [0.4, 0.5) is 33.7 Å². The van der Waals surface area contributed by atoms with E-state index < -0.39 is 29.4 Å². The molecule has 0 atom stereocenters. The van der Waals surface area contributed by atoms with Crippen LogP contribution in [0.3, 0.4) is 0 Å². The zero-order valence-electron chi connectivity index (χ0n) is 13.7. The van der Waals surface area contributed by atoms with Gasteiger partial charge in [0.25, 0.3) is 0 Å². The van der Waals surface area contributed by atoms with Crippen LogP contribution < -0.4 is 10.6 Å². The van der Waals surface area contributed by atoms with Crippen molar-refractivity contribution in [1.82, 2.24) is 9.78 Å². The van der Waals surface area contributed by atoms with Crippen molar-refractivity contribution < 1.29 is 22.4 Å². The number of benzene rings is 2. The molecule has 5 nitrogen and oxygen atoms in total. The molecule has 0 radical (unpaired) electrons. The van der Waals surface area contributed by atoms with Crippen LogP contribution in [0, 0.1) is 5.82 Å². The van der Waals surface area contributed by atoms with Gasteiger partial charge >= 0.3 is 12.2 Å². The SMILES string of the molecule is O=C(Nc1ccc(F)cc1)Nc1cnn(-c2cc(Cl)cc(Cl)c2)c1C(F)(F)F. The molecule has 0 spiro atoms. The van der Waals surface area contributed by atoms with Crippen molar-refractivity contribution in [3.8, 4) is 5.69 Å². The maximum Gasteiger partial charge on any atom is 0.435 e. The van der Waals surface area contributed by atoms with Crippen LogP contribution >= 0.6 is 23.2 Å². The fraction of sp³-hybridized carbons (Fsp3) is 0.0588. The van der Waals surface area contributed by atoms with Gasteiger partial charge < -0.3 is 10.6 Å². The highest BCUT2D eigenvalue weighted by atomic mass is 35.5. The number of anilines is 2. The zero-order valence-corrected chi connectivity index (χ0v) is 15.2. The van der Waals surface area contributed by atoms with E-state index in [1.165, 1.54) is 30.3 Å². The monoisotopic (exact) mass is 432 g/mol. The second-order valence-corrected chi connectivity index (χ2v) is 6.40. The van der Waals surface area contributed by atoms with E-state index in [9.17, 15) is 22.4 Å². The van der Waals surface area contributed by atoms with Gasteiger partial charge in [0.15, 0.2) is 5.69 Å². The van der Waals surface area contributed by atoms with Gasteiger partial charge in [-0.2, -0.15) is 18.3 Å². The average Bonchev–Trinajstić information content (AvgIpc) is 3.00. The first-order valence-corrected chi connectivity index (χ1v) is 8.34. The Kier molecular flexibility index (Phi) is 5.48. The van der Waals surface area contributed by atoms with E-state index in [1.807, 2.05) is 0 Å². The smallest absolute Gasteiger partial charge is 0.308 e. The number of halogens is 6. The highest BCUT2D eigenvalue weighted by molar-refractivity contribution is 6.34. The Morgan fingerprint density at radius 3 is 2.18 bits per heavy atom. The largest absolute Gasteiger partial charge is 0.435 e. The summed E-state index contributed by atoms with van der Waals surface area (Å²) >= 11 is 11.7. The van der Waals surface area contributed by atoms with Crippen LogP contribution in [-0.2, 0) is 6.18 Å². The molecule has 28 heavy (non-hydrogen) atoms. The summed E-state index contributed by atoms with van der Waals surface area (Å²) in [5.41, 5.74) is -1.64. The van der Waals surface area contributed by atoms with E-state index in [2.05, 4.69) is 15.7 Å². The quantitative estimate of drug-likeness (QED) is 0.500. The van der Waals surface area contributed by atoms with Gasteiger partial charge in [0.2, 0.25) is 0 Å². The first-order valence-electron chi connectivity index (χ1n) is 7.59. The Bertz CT molecular complexity index is 999. The van der Waals surface area contributed by atoms with Crippen molar-refractivity contribution in [1.29, 1.82) is 0 Å². The van der Waals surface area contributed by atoms with Gasteiger partial charge in [-0.25, -0.2) is 13.9 Å². The summed E-state index contributed by atoms with van der Waals surface area (Å²) in [4.78, 5) is 12.0. The Labute approximate surface area is 165 Å². The van der Waals surface area contributed by atoms with Crippen molar-refractivity contribution in [2.45, 2.75) is 6.18 Å². The van der Waals surface area contributed by atoms with E-state index in [4.69, 9.17) is 23.2 Å². The molecule has 0 aliphatic heterocycles. The third-order valence-electron chi connectivity index (χ3n) is 3.48. The first kappa shape index (κ1) is 20.0. The molecule has 1 aromatic heterocycles. The average molecular weight is 433 g/mol. The summed E-state index contributed by atoms with van der Waals surface area (Å²) in [6, 6.07) is 7.61. The summed E-state index contributed by atoms with van der Waals surface area (Å²) in [6.07, 6.45) is -3.99. The maximum atomic E-state index is 13.6. The van der Waals surface area contributed by atoms with Crippen LogP contribution in [0.1, 0.15) is 5.69 Å². The molecular weight excluding hydrogens is 423 g/mol. The predicted molar refractivity (Wildman–Crippen MR) is 97.6 cm³/mol. The number of aromatic nitrogens is 2. The van der Waals surface area contributed by atoms with E-state index in [0.717, 1.165) is 18.3 Å². The van der Waals surface area contributed by atoms with Crippen LogP contribution in [0.5, 0.6) is 0 Å². The summed E-state index contributed by atoms with van der Waals surface area (Å²) < 4.78 is 54.3. The van der Waals surface area contributed by atoms with Gasteiger partial charge in [0.05, 0.1) is 17.6 Å². The number of nitrogens with one attached hydrogen (secondary N) is 2. The van der Waals surface area contributed by atoms with E-state index >= 15 is 0 Å². The lowest BCUT2D eigenvalue weighted by atomic mass is 10.3. The Morgan fingerprint density at radius 2 is 1.61 bits per heavy atom. The number of alkyl halides is 3. The first-order chi connectivity index (χ1) is 13.1. The Hall–Kier alpha value is -2.78. The van der Waals surface area contributed by atoms with Gasteiger partial charge in [-0.1, -0.05) is 23.2 Å². The molecule has 0 aliphatic carbocycles. The van der Waals surface area contributed by atoms with Crippen molar-refractivity contribution in [2.24, 2.45) is 0 Å². The van der Waals surface area contributed by atoms with E-state index in [0.29, 0.717) is 4.68 Å². The van der Waals surface area contributed by atoms with E-state index in [1.54, 1.807) is 0 Å². The Balaban J connectivity index is 1.92. The van der Waals surface area contributed by atoms with Gasteiger partial charge in [0, 0.05) is 15.7 Å². The standard InChI is InChI=1S/C17H10Cl2F4N4O/c18-9-5-10(19)7-13(6-9)27-15(17(21,22)23)14(8-24-27)26-16(28)25-12-3-1-11(20)2-4-12/h1-8H,(H2,25,26,28). The fourth-order valence-electron chi connectivity index (χ4n) is 2.39. The van der Waals surface area contributed by atoms with Crippen LogP contribution in [0.2, 0.25) is 10.0 Å². The molecule has 3 aromatic rings. The minimum absolute atomic E-state index is 0.0307. The molecule has 0 aliphatic rings. The third kappa shape index (κ3) is 4.55. The number of hydrogen-bond acceptors (Lipinski definition) is 2. The lowest BCUT2D eigenvalue weighted by Gasteiger charge is -2.14. The van der Waals surface area contributed by atoms with Gasteiger partial charge in [0.1, 0.15) is 5.82 Å². The molecule has 0 bridgehead atoms. The molecule has 0 unspecified atom stereocenters. The fourth-order valence-corrected chi connectivity index (χ4v) is 2.90. The summed E-state index contributed by atoms with van der Waals surface area (Å²) in [5.74, 6) is -0.522. The zero-order chi connectivity index (χ0) is 20.5. The Morgan fingerprint density at radius 1 is 1.00 bits per heavy atom. The second kappa shape index (κ2) is 7.69. The van der Waals surface area contributed by atoms with Crippen molar-refractivity contribution in [3.05, 3.63) is 70.2 Å². The highest BCUT2D eigenvalue weighted by Crippen LogP contribution is 2.37. The number of carbonyl (C=O) groups excluding carboxylic acids is 1. The van der Waals surface area contributed by atoms with Crippen LogP contribution in [0.25, 0.3) is 5.69 Å². The van der Waals surface area contributed by atoms with Crippen LogP contribution in [0.15, 0.2) is 48.7 Å². The second-order valence-electron chi connectivity index (χ2n) is 5.53. The number of nitrogens with zero attached hydrogens (tertiary/aromatic N) is 2. The van der Waals surface area contributed by atoms with Crippen LogP contribution in [-0.4, -0.2) is 15.8 Å². The number of rotatable bonds is 3. The predicted octanol–water partition coefficient (Wildman–Crippen LogP) is 5.98.